The first-order valence-electron chi connectivity index (χ1n) is 6.33. The highest BCUT2D eigenvalue weighted by Gasteiger charge is 2.23. The fourth-order valence-electron chi connectivity index (χ4n) is 2.29. The monoisotopic (exact) mass is 268 g/mol. The zero-order chi connectivity index (χ0) is 13.0. The normalized spacial score (nSPS) is 17.2. The molecule has 0 unspecified atom stereocenters. The van der Waals surface area contributed by atoms with E-state index >= 15 is 0 Å². The predicted octanol–water partition coefficient (Wildman–Crippen LogP) is 0.636. The first kappa shape index (κ1) is 13.5. The Morgan fingerprint density at radius 2 is 1.72 bits per heavy atom. The molecule has 0 bridgehead atoms. The summed E-state index contributed by atoms with van der Waals surface area (Å²) in [5.41, 5.74) is 2.56. The van der Waals surface area contributed by atoms with Crippen LogP contribution >= 0.6 is 0 Å². The summed E-state index contributed by atoms with van der Waals surface area (Å²) in [7, 11) is -1.34. The van der Waals surface area contributed by atoms with Gasteiger partial charge in [-0.15, -0.1) is 0 Å². The van der Waals surface area contributed by atoms with Crippen LogP contribution in [0.15, 0.2) is 24.3 Å². The molecule has 1 aromatic carbocycles. The van der Waals surface area contributed by atoms with E-state index in [4.69, 9.17) is 0 Å². The lowest BCUT2D eigenvalue weighted by Gasteiger charge is -2.19. The van der Waals surface area contributed by atoms with Gasteiger partial charge in [-0.2, -0.15) is 0 Å². The van der Waals surface area contributed by atoms with Gasteiger partial charge in [0.05, 0.1) is 5.75 Å². The Morgan fingerprint density at radius 3 is 2.22 bits per heavy atom. The lowest BCUT2D eigenvalue weighted by Crippen LogP contribution is -2.37. The molecule has 1 aromatic rings. The second-order valence-electron chi connectivity index (χ2n) is 4.59. The van der Waals surface area contributed by atoms with E-state index in [1.807, 2.05) is 12.1 Å². The standard InChI is InChI=1S/C13H20N2O2S/c1-14-8-11-18(16,17)15-9-6-12-4-2-3-5-13(12)7-10-15/h2-5,14H,6-11H2,1H3. The third-order valence-electron chi connectivity index (χ3n) is 3.38. The highest BCUT2D eigenvalue weighted by Crippen LogP contribution is 2.17. The highest BCUT2D eigenvalue weighted by atomic mass is 32.2. The maximum atomic E-state index is 12.1. The van der Waals surface area contributed by atoms with E-state index < -0.39 is 10.0 Å². The van der Waals surface area contributed by atoms with Gasteiger partial charge in [0.2, 0.25) is 10.0 Å². The molecule has 0 saturated carbocycles. The van der Waals surface area contributed by atoms with E-state index in [1.165, 1.54) is 11.1 Å². The van der Waals surface area contributed by atoms with Gasteiger partial charge in [0.1, 0.15) is 0 Å². The molecule has 1 aliphatic rings. The van der Waals surface area contributed by atoms with Crippen molar-refractivity contribution in [1.82, 2.24) is 9.62 Å². The fourth-order valence-corrected chi connectivity index (χ4v) is 3.74. The molecule has 1 N–H and O–H groups in total. The molecule has 100 valence electrons. The number of fused-ring (bicyclic) bond motifs is 1. The average molecular weight is 268 g/mol. The quantitative estimate of drug-likeness (QED) is 0.871. The smallest absolute Gasteiger partial charge is 0.215 e. The van der Waals surface area contributed by atoms with Crippen molar-refractivity contribution in [3.8, 4) is 0 Å². The van der Waals surface area contributed by atoms with Crippen LogP contribution in [0, 0.1) is 0 Å². The fraction of sp³-hybridized carbons (Fsp3) is 0.538. The van der Waals surface area contributed by atoms with Gasteiger partial charge in [-0.1, -0.05) is 24.3 Å². The van der Waals surface area contributed by atoms with Crippen molar-refractivity contribution < 1.29 is 8.42 Å². The Morgan fingerprint density at radius 1 is 1.17 bits per heavy atom. The molecular weight excluding hydrogens is 248 g/mol. The lowest BCUT2D eigenvalue weighted by molar-refractivity contribution is 0.426. The molecule has 5 heteroatoms. The third kappa shape index (κ3) is 3.10. The van der Waals surface area contributed by atoms with Crippen LogP contribution in [0.5, 0.6) is 0 Å². The third-order valence-corrected chi connectivity index (χ3v) is 5.25. The van der Waals surface area contributed by atoms with Crippen molar-refractivity contribution in [3.63, 3.8) is 0 Å². The zero-order valence-corrected chi connectivity index (χ0v) is 11.5. The van der Waals surface area contributed by atoms with Crippen LogP contribution in [-0.4, -0.2) is 45.2 Å². The summed E-state index contributed by atoms with van der Waals surface area (Å²) in [5.74, 6) is 0.180. The van der Waals surface area contributed by atoms with Crippen LogP contribution < -0.4 is 5.32 Å². The molecule has 1 heterocycles. The number of benzene rings is 1. The summed E-state index contributed by atoms with van der Waals surface area (Å²) in [5, 5.41) is 2.89. The minimum atomic E-state index is -3.12. The summed E-state index contributed by atoms with van der Waals surface area (Å²) in [6, 6.07) is 8.23. The highest BCUT2D eigenvalue weighted by molar-refractivity contribution is 7.89. The van der Waals surface area contributed by atoms with Gasteiger partial charge in [-0.05, 0) is 31.0 Å². The topological polar surface area (TPSA) is 49.4 Å². The summed E-state index contributed by atoms with van der Waals surface area (Å²) in [6.07, 6.45) is 1.63. The largest absolute Gasteiger partial charge is 0.319 e. The predicted molar refractivity (Wildman–Crippen MR) is 73.1 cm³/mol. The van der Waals surface area contributed by atoms with Crippen LogP contribution in [-0.2, 0) is 22.9 Å². The Hall–Kier alpha value is -0.910. The first-order valence-corrected chi connectivity index (χ1v) is 7.93. The Kier molecular flexibility index (Phi) is 4.37. The number of nitrogens with zero attached hydrogens (tertiary/aromatic N) is 1. The molecule has 0 atom stereocenters. The molecule has 2 rings (SSSR count). The first-order chi connectivity index (χ1) is 8.63. The molecule has 1 aliphatic heterocycles. The number of hydrogen-bond donors (Lipinski definition) is 1. The Balaban J connectivity index is 2.08. The van der Waals surface area contributed by atoms with Gasteiger partial charge in [0, 0.05) is 19.6 Å². The van der Waals surface area contributed by atoms with Crippen LogP contribution in [0.2, 0.25) is 0 Å². The average Bonchev–Trinajstić information content (AvgIpc) is 2.59. The van der Waals surface area contributed by atoms with Crippen molar-refractivity contribution in [2.45, 2.75) is 12.8 Å². The van der Waals surface area contributed by atoms with E-state index in [-0.39, 0.29) is 5.75 Å². The van der Waals surface area contributed by atoms with Crippen LogP contribution in [0.3, 0.4) is 0 Å². The maximum absolute atomic E-state index is 12.1. The van der Waals surface area contributed by atoms with E-state index in [9.17, 15) is 8.42 Å². The Labute approximate surface area is 109 Å². The molecule has 0 amide bonds. The van der Waals surface area contributed by atoms with Gasteiger partial charge >= 0.3 is 0 Å². The summed E-state index contributed by atoms with van der Waals surface area (Å²) >= 11 is 0. The van der Waals surface area contributed by atoms with Gasteiger partial charge < -0.3 is 5.32 Å². The van der Waals surface area contributed by atoms with E-state index in [0.29, 0.717) is 19.6 Å². The van der Waals surface area contributed by atoms with Crippen molar-refractivity contribution in [2.24, 2.45) is 0 Å². The molecule has 0 aromatic heterocycles. The molecule has 0 aliphatic carbocycles. The number of hydrogen-bond acceptors (Lipinski definition) is 3. The summed E-state index contributed by atoms with van der Waals surface area (Å²) in [6.45, 7) is 1.71. The van der Waals surface area contributed by atoms with Gasteiger partial charge in [-0.25, -0.2) is 12.7 Å². The van der Waals surface area contributed by atoms with Crippen molar-refractivity contribution >= 4 is 10.0 Å². The molecule has 0 saturated heterocycles. The number of nitrogens with one attached hydrogen (secondary N) is 1. The minimum Gasteiger partial charge on any atom is -0.319 e. The van der Waals surface area contributed by atoms with Crippen molar-refractivity contribution in [3.05, 3.63) is 35.4 Å². The van der Waals surface area contributed by atoms with Crippen molar-refractivity contribution in [1.29, 1.82) is 0 Å². The molecule has 0 spiro atoms. The molecule has 0 fully saturated rings. The van der Waals surface area contributed by atoms with E-state index in [2.05, 4.69) is 17.4 Å². The zero-order valence-electron chi connectivity index (χ0n) is 10.7. The number of sulfonamides is 1. The molecular formula is C13H20N2O2S. The van der Waals surface area contributed by atoms with Crippen molar-refractivity contribution in [2.75, 3.05) is 32.4 Å². The SMILES string of the molecule is CNCCS(=O)(=O)N1CCc2ccccc2CC1. The van der Waals surface area contributed by atoms with Gasteiger partial charge in [0.15, 0.2) is 0 Å². The molecule has 18 heavy (non-hydrogen) atoms. The maximum Gasteiger partial charge on any atom is 0.215 e. The summed E-state index contributed by atoms with van der Waals surface area (Å²) in [4.78, 5) is 0. The van der Waals surface area contributed by atoms with Crippen LogP contribution in [0.1, 0.15) is 11.1 Å². The second-order valence-corrected chi connectivity index (χ2v) is 6.68. The molecule has 4 nitrogen and oxygen atoms in total. The summed E-state index contributed by atoms with van der Waals surface area (Å²) < 4.78 is 25.9. The van der Waals surface area contributed by atoms with Gasteiger partial charge in [-0.3, -0.25) is 0 Å². The van der Waals surface area contributed by atoms with Crippen LogP contribution in [0.4, 0.5) is 0 Å². The van der Waals surface area contributed by atoms with E-state index in [1.54, 1.807) is 11.4 Å². The van der Waals surface area contributed by atoms with Gasteiger partial charge in [0.25, 0.3) is 0 Å². The lowest BCUT2D eigenvalue weighted by atomic mass is 10.0. The van der Waals surface area contributed by atoms with Crippen LogP contribution in [0.25, 0.3) is 0 Å². The second kappa shape index (κ2) is 5.82. The Bertz CT molecular complexity index is 472. The minimum absolute atomic E-state index is 0.180. The number of rotatable bonds is 4. The molecule has 0 radical (unpaired) electrons. The van der Waals surface area contributed by atoms with E-state index in [0.717, 1.165) is 12.8 Å².